The van der Waals surface area contributed by atoms with Crippen molar-refractivity contribution < 1.29 is 22.2 Å². The summed E-state index contributed by atoms with van der Waals surface area (Å²) in [4.78, 5) is 0. The highest BCUT2D eigenvalue weighted by Gasteiger charge is 2.61. The van der Waals surface area contributed by atoms with Gasteiger partial charge in [-0.25, -0.2) is 0 Å². The molecule has 1 saturated carbocycles. The van der Waals surface area contributed by atoms with E-state index in [-0.39, 0.29) is 30.4 Å². The van der Waals surface area contributed by atoms with Crippen LogP contribution >= 0.6 is 0 Å². The van der Waals surface area contributed by atoms with Crippen molar-refractivity contribution in [3.63, 3.8) is 0 Å². The number of alkyl halides is 3. The third-order valence-corrected chi connectivity index (χ3v) is 12.7. The topological polar surface area (TPSA) is 44.3 Å². The van der Waals surface area contributed by atoms with Gasteiger partial charge >= 0.3 is 6.18 Å². The smallest absolute Gasteiger partial charge is 0.396 e. The molecule has 1 aliphatic rings. The molecule has 0 aliphatic heterocycles. The highest BCUT2D eigenvalue weighted by Crippen LogP contribution is 2.53. The third-order valence-electron chi connectivity index (χ3n) is 6.54. The maximum Gasteiger partial charge on any atom is 0.396 e. The van der Waals surface area contributed by atoms with Crippen LogP contribution < -0.4 is 4.72 Å². The Balaban J connectivity index is 3.00. The maximum absolute atomic E-state index is 14.3. The predicted molar refractivity (Wildman–Crippen MR) is 114 cm³/mol. The van der Waals surface area contributed by atoms with Crippen LogP contribution in [0, 0.1) is 5.41 Å². The fraction of sp³-hybridized carbons (Fsp3) is 1.00. The molecule has 0 amide bonds. The van der Waals surface area contributed by atoms with Crippen molar-refractivity contribution in [2.75, 3.05) is 0 Å². The summed E-state index contributed by atoms with van der Waals surface area (Å²) in [6, 6.07) is -0.860. The average molecular weight is 444 g/mol. The van der Waals surface area contributed by atoms with Crippen LogP contribution in [0.25, 0.3) is 0 Å². The van der Waals surface area contributed by atoms with Crippen LogP contribution in [0.3, 0.4) is 0 Å². The standard InChI is InChI=1S/C20H40F3NO2SSi/c1-10-16(24-27(25)17(2,3)4)19(20(21,22)23)13-11-15(12-14-19)26-28(8,9)18(5,6)7/h15-16,24H,10-14H2,1-9H3. The highest BCUT2D eigenvalue weighted by molar-refractivity contribution is 7.90. The van der Waals surface area contributed by atoms with E-state index in [0.29, 0.717) is 12.8 Å². The fourth-order valence-corrected chi connectivity index (χ4v) is 5.97. The zero-order valence-corrected chi connectivity index (χ0v) is 20.9. The lowest BCUT2D eigenvalue weighted by molar-refractivity contribution is -0.247. The van der Waals surface area contributed by atoms with E-state index < -0.39 is 42.1 Å². The lowest BCUT2D eigenvalue weighted by Gasteiger charge is -2.48. The van der Waals surface area contributed by atoms with Crippen molar-refractivity contribution in [3.05, 3.63) is 0 Å². The van der Waals surface area contributed by atoms with Gasteiger partial charge in [-0.3, -0.25) is 0 Å². The first-order valence-electron chi connectivity index (χ1n) is 10.3. The van der Waals surface area contributed by atoms with Gasteiger partial charge in [-0.1, -0.05) is 27.7 Å². The average Bonchev–Trinajstić information content (AvgIpc) is 2.49. The largest absolute Gasteiger partial charge is 0.598 e. The molecule has 1 N–H and O–H groups in total. The van der Waals surface area contributed by atoms with Crippen LogP contribution in [0.4, 0.5) is 13.2 Å². The summed E-state index contributed by atoms with van der Waals surface area (Å²) >= 11 is -1.54. The molecule has 2 atom stereocenters. The van der Waals surface area contributed by atoms with Gasteiger partial charge in [0, 0.05) is 17.5 Å². The van der Waals surface area contributed by atoms with Gasteiger partial charge in [-0.05, 0) is 71.0 Å². The van der Waals surface area contributed by atoms with Gasteiger partial charge in [0.2, 0.25) is 0 Å². The predicted octanol–water partition coefficient (Wildman–Crippen LogP) is 6.33. The Hall–Kier alpha value is 0.237. The number of hydrogen-bond donors (Lipinski definition) is 1. The Morgan fingerprint density at radius 2 is 1.57 bits per heavy atom. The van der Waals surface area contributed by atoms with Crippen molar-refractivity contribution in [1.29, 1.82) is 0 Å². The molecule has 0 spiro atoms. The summed E-state index contributed by atoms with van der Waals surface area (Å²) in [5, 5.41) is 0.0304. The number of halogens is 3. The van der Waals surface area contributed by atoms with E-state index in [0.717, 1.165) is 0 Å². The molecule has 0 saturated heterocycles. The molecule has 0 radical (unpaired) electrons. The van der Waals surface area contributed by atoms with Gasteiger partial charge in [0.25, 0.3) is 0 Å². The summed E-state index contributed by atoms with van der Waals surface area (Å²) in [5.41, 5.74) is -1.85. The molecule has 3 nitrogen and oxygen atoms in total. The molecular weight excluding hydrogens is 403 g/mol. The normalized spacial score (nSPS) is 27.5. The van der Waals surface area contributed by atoms with Crippen LogP contribution in [0.5, 0.6) is 0 Å². The van der Waals surface area contributed by atoms with Crippen LogP contribution in [0.2, 0.25) is 18.1 Å². The van der Waals surface area contributed by atoms with E-state index in [2.05, 4.69) is 38.6 Å². The Labute approximate surface area is 174 Å². The maximum atomic E-state index is 14.3. The molecule has 0 bridgehead atoms. The van der Waals surface area contributed by atoms with Crippen molar-refractivity contribution in [2.45, 2.75) is 122 Å². The van der Waals surface area contributed by atoms with Crippen LogP contribution in [-0.4, -0.2) is 35.9 Å². The van der Waals surface area contributed by atoms with Crippen LogP contribution in [0.1, 0.15) is 80.6 Å². The van der Waals surface area contributed by atoms with Crippen LogP contribution in [0.15, 0.2) is 0 Å². The Morgan fingerprint density at radius 1 is 1.11 bits per heavy atom. The molecule has 1 rings (SSSR count). The summed E-state index contributed by atoms with van der Waals surface area (Å²) in [6.07, 6.45) is -3.36. The number of nitrogens with one attached hydrogen (secondary N) is 1. The monoisotopic (exact) mass is 443 g/mol. The summed E-state index contributed by atoms with van der Waals surface area (Å²) in [6.45, 7) is 17.8. The van der Waals surface area contributed by atoms with E-state index >= 15 is 0 Å². The first-order chi connectivity index (χ1) is 12.4. The molecular formula is C20H40F3NO2SSi. The lowest BCUT2D eigenvalue weighted by Crippen LogP contribution is -2.59. The minimum Gasteiger partial charge on any atom is -0.598 e. The molecule has 0 heterocycles. The molecule has 2 unspecified atom stereocenters. The van der Waals surface area contributed by atoms with Gasteiger partial charge in [-0.15, -0.1) is 4.72 Å². The van der Waals surface area contributed by atoms with Crippen LogP contribution in [-0.2, 0) is 15.8 Å². The second kappa shape index (κ2) is 8.77. The molecule has 28 heavy (non-hydrogen) atoms. The summed E-state index contributed by atoms with van der Waals surface area (Å²) in [7, 11) is -2.02. The molecule has 168 valence electrons. The van der Waals surface area contributed by atoms with Gasteiger partial charge in [0.05, 0.1) is 11.5 Å². The van der Waals surface area contributed by atoms with E-state index in [1.807, 2.05) is 0 Å². The zero-order valence-electron chi connectivity index (χ0n) is 19.0. The summed E-state index contributed by atoms with van der Waals surface area (Å²) < 4.78 is 63.9. The lowest BCUT2D eigenvalue weighted by atomic mass is 9.67. The Bertz CT molecular complexity index is 507. The number of rotatable bonds is 6. The molecule has 0 aromatic carbocycles. The fourth-order valence-electron chi connectivity index (χ4n) is 3.54. The van der Waals surface area contributed by atoms with Crippen molar-refractivity contribution >= 4 is 19.7 Å². The Kier molecular flexibility index (Phi) is 8.23. The quantitative estimate of drug-likeness (QED) is 0.385. The van der Waals surface area contributed by atoms with Gasteiger partial charge in [0.15, 0.2) is 8.32 Å². The minimum absolute atomic E-state index is 0.0165. The van der Waals surface area contributed by atoms with Gasteiger partial charge in [0.1, 0.15) is 4.75 Å². The second-order valence-electron chi connectivity index (χ2n) is 10.7. The molecule has 0 aromatic heterocycles. The van der Waals surface area contributed by atoms with Crippen molar-refractivity contribution in [2.24, 2.45) is 5.41 Å². The molecule has 1 aliphatic carbocycles. The van der Waals surface area contributed by atoms with Crippen molar-refractivity contribution in [1.82, 2.24) is 4.72 Å². The number of hydrogen-bond acceptors (Lipinski definition) is 3. The van der Waals surface area contributed by atoms with E-state index in [4.69, 9.17) is 4.43 Å². The van der Waals surface area contributed by atoms with E-state index in [1.165, 1.54) is 0 Å². The highest BCUT2D eigenvalue weighted by atomic mass is 32.2. The van der Waals surface area contributed by atoms with Gasteiger partial charge in [-0.2, -0.15) is 13.2 Å². The van der Waals surface area contributed by atoms with E-state index in [1.54, 1.807) is 27.7 Å². The van der Waals surface area contributed by atoms with E-state index in [9.17, 15) is 17.7 Å². The SMILES string of the molecule is CCC(N[S+]([O-])C(C)(C)C)C1(C(F)(F)F)CCC(O[Si](C)(C)C(C)(C)C)CC1. The first kappa shape index (κ1) is 26.3. The van der Waals surface area contributed by atoms with Crippen molar-refractivity contribution in [3.8, 4) is 0 Å². The zero-order chi connectivity index (χ0) is 22.2. The minimum atomic E-state index is -4.34. The third kappa shape index (κ3) is 5.90. The second-order valence-corrected chi connectivity index (χ2v) is 17.4. The van der Waals surface area contributed by atoms with Gasteiger partial charge < -0.3 is 8.98 Å². The molecule has 0 aromatic rings. The molecule has 1 fully saturated rings. The Morgan fingerprint density at radius 3 is 1.89 bits per heavy atom. The summed E-state index contributed by atoms with van der Waals surface area (Å²) in [5.74, 6) is 0. The molecule has 8 heteroatoms. The first-order valence-corrected chi connectivity index (χ1v) is 14.4.